The van der Waals surface area contributed by atoms with E-state index in [1.54, 1.807) is 4.68 Å². The summed E-state index contributed by atoms with van der Waals surface area (Å²) in [7, 11) is 1.85. The number of aryl methyl sites for hydroxylation is 3. The first kappa shape index (κ1) is 18.6. The normalized spacial score (nSPS) is 19.2. The van der Waals surface area contributed by atoms with Crippen molar-refractivity contribution in [2.75, 3.05) is 26.2 Å². The molecule has 1 atom stereocenters. The summed E-state index contributed by atoms with van der Waals surface area (Å²) >= 11 is 0. The molecule has 3 heterocycles. The topological polar surface area (TPSA) is 80.3 Å². The molecule has 8 heteroatoms. The van der Waals surface area contributed by atoms with Gasteiger partial charge < -0.3 is 9.42 Å². The molecule has 0 radical (unpaired) electrons. The molecule has 1 aliphatic rings. The second-order valence-corrected chi connectivity index (χ2v) is 7.48. The fourth-order valence-corrected chi connectivity index (χ4v) is 3.42. The molecule has 0 spiro atoms. The van der Waals surface area contributed by atoms with E-state index in [4.69, 9.17) is 4.52 Å². The predicted octanol–water partition coefficient (Wildman–Crippen LogP) is 1.97. The zero-order valence-corrected chi connectivity index (χ0v) is 16.3. The molecule has 1 aliphatic heterocycles. The number of hydrogen-bond acceptors (Lipinski definition) is 6. The van der Waals surface area contributed by atoms with Crippen molar-refractivity contribution in [3.05, 3.63) is 29.2 Å². The molecule has 1 amide bonds. The number of carbonyl (C=O) groups excluding carboxylic acids is 1. The quantitative estimate of drug-likeness (QED) is 0.829. The molecular formula is C18H28N6O2. The van der Waals surface area contributed by atoms with E-state index in [-0.39, 0.29) is 11.9 Å². The number of carbonyl (C=O) groups is 1. The SMILES string of the molecule is Cc1noc(C2CN(C(=O)c3cc(C)n(C)n3)CCCN2CC(C)C)n1. The molecule has 2 aromatic heterocycles. The van der Waals surface area contributed by atoms with E-state index in [1.165, 1.54) is 0 Å². The summed E-state index contributed by atoms with van der Waals surface area (Å²) in [4.78, 5) is 21.7. The van der Waals surface area contributed by atoms with Crippen molar-refractivity contribution in [2.24, 2.45) is 13.0 Å². The van der Waals surface area contributed by atoms with E-state index < -0.39 is 0 Å². The summed E-state index contributed by atoms with van der Waals surface area (Å²) in [6, 6.07) is 1.75. The van der Waals surface area contributed by atoms with Crippen LogP contribution in [0.15, 0.2) is 10.6 Å². The lowest BCUT2D eigenvalue weighted by atomic mass is 10.1. The van der Waals surface area contributed by atoms with Gasteiger partial charge in [-0.25, -0.2) is 0 Å². The van der Waals surface area contributed by atoms with Crippen LogP contribution < -0.4 is 0 Å². The smallest absolute Gasteiger partial charge is 0.274 e. The number of amides is 1. The summed E-state index contributed by atoms with van der Waals surface area (Å²) in [5.41, 5.74) is 1.46. The Balaban J connectivity index is 1.85. The Morgan fingerprint density at radius 1 is 1.35 bits per heavy atom. The minimum Gasteiger partial charge on any atom is -0.338 e. The summed E-state index contributed by atoms with van der Waals surface area (Å²) < 4.78 is 7.20. The summed E-state index contributed by atoms with van der Waals surface area (Å²) in [6.07, 6.45) is 0.911. The maximum Gasteiger partial charge on any atom is 0.274 e. The third kappa shape index (κ3) is 3.95. The van der Waals surface area contributed by atoms with E-state index in [1.807, 2.05) is 31.9 Å². The number of nitrogens with zero attached hydrogens (tertiary/aromatic N) is 6. The van der Waals surface area contributed by atoms with Crippen molar-refractivity contribution in [1.29, 1.82) is 0 Å². The molecule has 3 rings (SSSR count). The lowest BCUT2D eigenvalue weighted by Gasteiger charge is -2.30. The van der Waals surface area contributed by atoms with Gasteiger partial charge in [0.2, 0.25) is 5.89 Å². The molecule has 8 nitrogen and oxygen atoms in total. The Labute approximate surface area is 154 Å². The van der Waals surface area contributed by atoms with Crippen LogP contribution in [-0.4, -0.2) is 61.8 Å². The summed E-state index contributed by atoms with van der Waals surface area (Å²) in [5, 5.41) is 8.29. The van der Waals surface area contributed by atoms with Crippen LogP contribution >= 0.6 is 0 Å². The standard InChI is InChI=1S/C18H28N6O2/c1-12(2)10-23-7-6-8-24(11-16(23)17-19-14(4)21-26-17)18(25)15-9-13(3)22(5)20-15/h9,12,16H,6-8,10-11H2,1-5H3. The lowest BCUT2D eigenvalue weighted by molar-refractivity contribution is 0.0702. The molecule has 1 unspecified atom stereocenters. The van der Waals surface area contributed by atoms with Crippen molar-refractivity contribution in [3.8, 4) is 0 Å². The Bertz CT molecular complexity index is 746. The van der Waals surface area contributed by atoms with Gasteiger partial charge in [-0.15, -0.1) is 0 Å². The van der Waals surface area contributed by atoms with Crippen molar-refractivity contribution in [1.82, 2.24) is 29.7 Å². The average molecular weight is 360 g/mol. The molecule has 1 fully saturated rings. The highest BCUT2D eigenvalue weighted by atomic mass is 16.5. The van der Waals surface area contributed by atoms with Gasteiger partial charge in [-0.3, -0.25) is 14.4 Å². The van der Waals surface area contributed by atoms with Gasteiger partial charge in [0.1, 0.15) is 6.04 Å². The Kier molecular flexibility index (Phi) is 5.41. The van der Waals surface area contributed by atoms with Gasteiger partial charge in [-0.2, -0.15) is 10.1 Å². The molecule has 142 valence electrons. The molecule has 0 N–H and O–H groups in total. The molecule has 0 bridgehead atoms. The van der Waals surface area contributed by atoms with Crippen LogP contribution in [-0.2, 0) is 7.05 Å². The van der Waals surface area contributed by atoms with Crippen LogP contribution in [0.2, 0.25) is 0 Å². The van der Waals surface area contributed by atoms with E-state index in [0.717, 1.165) is 25.2 Å². The summed E-state index contributed by atoms with van der Waals surface area (Å²) in [5.74, 6) is 1.68. The van der Waals surface area contributed by atoms with E-state index in [9.17, 15) is 4.79 Å². The number of aromatic nitrogens is 4. The zero-order chi connectivity index (χ0) is 18.8. The van der Waals surface area contributed by atoms with E-state index >= 15 is 0 Å². The van der Waals surface area contributed by atoms with Gasteiger partial charge in [-0.05, 0) is 32.3 Å². The van der Waals surface area contributed by atoms with Crippen LogP contribution in [0, 0.1) is 19.8 Å². The first-order chi connectivity index (χ1) is 12.3. The molecule has 0 aromatic carbocycles. The highest BCUT2D eigenvalue weighted by Gasteiger charge is 2.33. The Morgan fingerprint density at radius 3 is 2.69 bits per heavy atom. The van der Waals surface area contributed by atoms with Gasteiger partial charge in [0, 0.05) is 38.9 Å². The van der Waals surface area contributed by atoms with Crippen LogP contribution in [0.4, 0.5) is 0 Å². The maximum atomic E-state index is 13.0. The van der Waals surface area contributed by atoms with Crippen LogP contribution in [0.25, 0.3) is 0 Å². The fourth-order valence-electron chi connectivity index (χ4n) is 3.42. The van der Waals surface area contributed by atoms with Crippen LogP contribution in [0.3, 0.4) is 0 Å². The van der Waals surface area contributed by atoms with Crippen LogP contribution in [0.5, 0.6) is 0 Å². The maximum absolute atomic E-state index is 13.0. The van der Waals surface area contributed by atoms with E-state index in [2.05, 4.69) is 34.0 Å². The van der Waals surface area contributed by atoms with E-state index in [0.29, 0.717) is 36.4 Å². The number of hydrogen-bond donors (Lipinski definition) is 0. The predicted molar refractivity (Wildman–Crippen MR) is 96.7 cm³/mol. The average Bonchev–Trinajstić information content (AvgIpc) is 3.08. The first-order valence-corrected chi connectivity index (χ1v) is 9.19. The molecule has 26 heavy (non-hydrogen) atoms. The second-order valence-electron chi connectivity index (χ2n) is 7.48. The summed E-state index contributed by atoms with van der Waals surface area (Å²) in [6.45, 7) is 11.2. The third-order valence-corrected chi connectivity index (χ3v) is 4.76. The van der Waals surface area contributed by atoms with Crippen LogP contribution in [0.1, 0.15) is 54.2 Å². The van der Waals surface area contributed by atoms with Gasteiger partial charge in [0.15, 0.2) is 11.5 Å². The number of rotatable bonds is 4. The molecular weight excluding hydrogens is 332 g/mol. The van der Waals surface area contributed by atoms with Gasteiger partial charge in [-0.1, -0.05) is 19.0 Å². The largest absolute Gasteiger partial charge is 0.338 e. The zero-order valence-electron chi connectivity index (χ0n) is 16.3. The van der Waals surface area contributed by atoms with Crippen molar-refractivity contribution < 1.29 is 9.32 Å². The Hall–Kier alpha value is -2.22. The lowest BCUT2D eigenvalue weighted by Crippen LogP contribution is -2.39. The van der Waals surface area contributed by atoms with Gasteiger partial charge >= 0.3 is 0 Å². The van der Waals surface area contributed by atoms with Crippen molar-refractivity contribution >= 4 is 5.91 Å². The molecule has 0 aliphatic carbocycles. The second kappa shape index (κ2) is 7.57. The molecule has 1 saturated heterocycles. The highest BCUT2D eigenvalue weighted by molar-refractivity contribution is 5.92. The first-order valence-electron chi connectivity index (χ1n) is 9.19. The third-order valence-electron chi connectivity index (χ3n) is 4.76. The Morgan fingerprint density at radius 2 is 2.12 bits per heavy atom. The van der Waals surface area contributed by atoms with Gasteiger partial charge in [0.05, 0.1) is 0 Å². The molecule has 0 saturated carbocycles. The minimum absolute atomic E-state index is 0.0404. The highest BCUT2D eigenvalue weighted by Crippen LogP contribution is 2.26. The van der Waals surface area contributed by atoms with Gasteiger partial charge in [0.25, 0.3) is 5.91 Å². The fraction of sp³-hybridized carbons (Fsp3) is 0.667. The minimum atomic E-state index is -0.0881. The monoisotopic (exact) mass is 360 g/mol. The van der Waals surface area contributed by atoms with Crippen molar-refractivity contribution in [2.45, 2.75) is 40.2 Å². The molecule has 2 aromatic rings. The van der Waals surface area contributed by atoms with Crippen molar-refractivity contribution in [3.63, 3.8) is 0 Å².